The topological polar surface area (TPSA) is 90.9 Å². The number of pyridine rings is 1. The minimum atomic E-state index is -0.673. The fourth-order valence-corrected chi connectivity index (χ4v) is 3.34. The summed E-state index contributed by atoms with van der Waals surface area (Å²) in [5.41, 5.74) is 7.25. The Hall–Kier alpha value is -2.50. The standard InChI is InChI=1S/C18H22N4O2/c1-22-16(23)10-14(17(21-22)18(19)24)15-8-7-13(11-20-15)9-12-5-3-2-4-6-12/h7-8,10-12H,2-6,9H2,1H3,(H2,19,24). The van der Waals surface area contributed by atoms with E-state index in [1.54, 1.807) is 0 Å². The number of aromatic nitrogens is 3. The normalized spacial score (nSPS) is 15.4. The van der Waals surface area contributed by atoms with Gasteiger partial charge < -0.3 is 5.73 Å². The zero-order valence-corrected chi connectivity index (χ0v) is 13.9. The number of carbonyl (C=O) groups is 1. The first-order chi connectivity index (χ1) is 11.5. The van der Waals surface area contributed by atoms with Gasteiger partial charge in [-0.25, -0.2) is 4.68 Å². The maximum Gasteiger partial charge on any atom is 0.269 e. The molecule has 0 unspecified atom stereocenters. The largest absolute Gasteiger partial charge is 0.364 e. The second kappa shape index (κ2) is 6.95. The highest BCUT2D eigenvalue weighted by Gasteiger charge is 2.17. The predicted octanol–water partition coefficient (Wildman–Crippen LogP) is 2.06. The lowest BCUT2D eigenvalue weighted by Crippen LogP contribution is -2.25. The lowest BCUT2D eigenvalue weighted by atomic mass is 9.85. The van der Waals surface area contributed by atoms with Crippen molar-refractivity contribution in [3.05, 3.63) is 46.0 Å². The smallest absolute Gasteiger partial charge is 0.269 e. The van der Waals surface area contributed by atoms with Crippen LogP contribution in [-0.2, 0) is 13.5 Å². The van der Waals surface area contributed by atoms with Crippen molar-refractivity contribution in [2.24, 2.45) is 18.7 Å². The molecule has 2 aromatic rings. The van der Waals surface area contributed by atoms with Gasteiger partial charge in [0, 0.05) is 24.9 Å². The summed E-state index contributed by atoms with van der Waals surface area (Å²) in [6.45, 7) is 0. The Labute approximate surface area is 140 Å². The summed E-state index contributed by atoms with van der Waals surface area (Å²) in [6.07, 6.45) is 9.41. The average molecular weight is 326 g/mol. The summed E-state index contributed by atoms with van der Waals surface area (Å²) in [7, 11) is 1.49. The van der Waals surface area contributed by atoms with Gasteiger partial charge in [-0.15, -0.1) is 0 Å². The molecule has 126 valence electrons. The quantitative estimate of drug-likeness (QED) is 0.931. The van der Waals surface area contributed by atoms with Crippen LogP contribution in [0.5, 0.6) is 0 Å². The van der Waals surface area contributed by atoms with Crippen molar-refractivity contribution in [3.8, 4) is 11.3 Å². The monoisotopic (exact) mass is 326 g/mol. The molecule has 1 aliphatic rings. The summed E-state index contributed by atoms with van der Waals surface area (Å²) < 4.78 is 1.10. The van der Waals surface area contributed by atoms with E-state index >= 15 is 0 Å². The third-order valence-electron chi connectivity index (χ3n) is 4.68. The summed E-state index contributed by atoms with van der Waals surface area (Å²) in [5.74, 6) is 0.0620. The molecule has 24 heavy (non-hydrogen) atoms. The van der Waals surface area contributed by atoms with E-state index in [0.717, 1.165) is 17.0 Å². The third kappa shape index (κ3) is 3.53. The number of amides is 1. The van der Waals surface area contributed by atoms with Gasteiger partial charge in [0.15, 0.2) is 5.69 Å². The molecule has 0 radical (unpaired) electrons. The number of aryl methyl sites for hydroxylation is 1. The molecule has 2 aromatic heterocycles. The van der Waals surface area contributed by atoms with Crippen LogP contribution in [0.25, 0.3) is 11.3 Å². The molecule has 6 nitrogen and oxygen atoms in total. The van der Waals surface area contributed by atoms with Crippen LogP contribution in [0, 0.1) is 5.92 Å². The number of hydrogen-bond acceptors (Lipinski definition) is 4. The summed E-state index contributed by atoms with van der Waals surface area (Å²) in [5, 5.41) is 3.95. The molecule has 0 aromatic carbocycles. The molecule has 2 heterocycles. The first-order valence-electron chi connectivity index (χ1n) is 8.38. The van der Waals surface area contributed by atoms with Crippen molar-refractivity contribution >= 4 is 5.91 Å². The van der Waals surface area contributed by atoms with Crippen molar-refractivity contribution < 1.29 is 4.79 Å². The van der Waals surface area contributed by atoms with Crippen molar-refractivity contribution in [1.29, 1.82) is 0 Å². The zero-order chi connectivity index (χ0) is 17.1. The maximum absolute atomic E-state index is 11.8. The van der Waals surface area contributed by atoms with E-state index in [9.17, 15) is 9.59 Å². The highest BCUT2D eigenvalue weighted by Crippen LogP contribution is 2.27. The van der Waals surface area contributed by atoms with Crippen LogP contribution in [0.4, 0.5) is 0 Å². The van der Waals surface area contributed by atoms with E-state index in [1.165, 1.54) is 50.8 Å². The summed E-state index contributed by atoms with van der Waals surface area (Å²) >= 11 is 0. The van der Waals surface area contributed by atoms with Gasteiger partial charge in [-0.1, -0.05) is 38.2 Å². The van der Waals surface area contributed by atoms with Gasteiger partial charge in [-0.05, 0) is 24.0 Å². The number of nitrogens with two attached hydrogens (primary N) is 1. The van der Waals surface area contributed by atoms with Gasteiger partial charge in [0.05, 0.1) is 5.69 Å². The Bertz CT molecular complexity index is 790. The molecule has 1 amide bonds. The van der Waals surface area contributed by atoms with Gasteiger partial charge in [0.2, 0.25) is 0 Å². The van der Waals surface area contributed by atoms with Crippen LogP contribution in [0.1, 0.15) is 48.2 Å². The average Bonchev–Trinajstić information content (AvgIpc) is 2.58. The number of primary amides is 1. The van der Waals surface area contributed by atoms with Crippen LogP contribution in [0.2, 0.25) is 0 Å². The molecule has 1 fully saturated rings. The molecule has 0 saturated heterocycles. The van der Waals surface area contributed by atoms with Crippen LogP contribution < -0.4 is 11.3 Å². The Morgan fingerprint density at radius 3 is 2.67 bits per heavy atom. The molecule has 6 heteroatoms. The molecule has 0 atom stereocenters. The Balaban J connectivity index is 1.86. The highest BCUT2D eigenvalue weighted by atomic mass is 16.1. The molecule has 0 aliphatic heterocycles. The van der Waals surface area contributed by atoms with Crippen LogP contribution in [0.3, 0.4) is 0 Å². The minimum absolute atomic E-state index is 0.0598. The molecule has 0 bridgehead atoms. The Kier molecular flexibility index (Phi) is 4.74. The molecule has 1 saturated carbocycles. The van der Waals surface area contributed by atoms with Gasteiger partial charge in [0.1, 0.15) is 0 Å². The lowest BCUT2D eigenvalue weighted by molar-refractivity contribution is 0.0994. The van der Waals surface area contributed by atoms with Crippen LogP contribution in [0.15, 0.2) is 29.2 Å². The van der Waals surface area contributed by atoms with Gasteiger partial charge in [-0.3, -0.25) is 14.6 Å². The van der Waals surface area contributed by atoms with Gasteiger partial charge >= 0.3 is 0 Å². The van der Waals surface area contributed by atoms with Crippen molar-refractivity contribution in [2.75, 3.05) is 0 Å². The van der Waals surface area contributed by atoms with Crippen molar-refractivity contribution in [3.63, 3.8) is 0 Å². The van der Waals surface area contributed by atoms with Gasteiger partial charge in [0.25, 0.3) is 11.5 Å². The molecular weight excluding hydrogens is 304 g/mol. The van der Waals surface area contributed by atoms with E-state index in [1.807, 2.05) is 18.3 Å². The first kappa shape index (κ1) is 16.4. The number of hydrogen-bond donors (Lipinski definition) is 1. The zero-order valence-electron chi connectivity index (χ0n) is 13.9. The highest BCUT2D eigenvalue weighted by molar-refractivity contribution is 5.97. The van der Waals surface area contributed by atoms with E-state index < -0.39 is 5.91 Å². The molecule has 3 rings (SSSR count). The maximum atomic E-state index is 11.8. The van der Waals surface area contributed by atoms with Gasteiger partial charge in [-0.2, -0.15) is 5.10 Å². The molecular formula is C18H22N4O2. The number of carbonyl (C=O) groups excluding carboxylic acids is 1. The fraction of sp³-hybridized carbons (Fsp3) is 0.444. The molecule has 0 spiro atoms. The third-order valence-corrected chi connectivity index (χ3v) is 4.68. The predicted molar refractivity (Wildman–Crippen MR) is 91.5 cm³/mol. The minimum Gasteiger partial charge on any atom is -0.364 e. The summed E-state index contributed by atoms with van der Waals surface area (Å²) in [6, 6.07) is 5.20. The second-order valence-electron chi connectivity index (χ2n) is 6.49. The molecule has 2 N–H and O–H groups in total. The second-order valence-corrected chi connectivity index (χ2v) is 6.49. The van der Waals surface area contributed by atoms with E-state index in [4.69, 9.17) is 5.73 Å². The number of rotatable bonds is 4. The Morgan fingerprint density at radius 2 is 2.04 bits per heavy atom. The van der Waals surface area contributed by atoms with E-state index in [-0.39, 0.29) is 11.3 Å². The van der Waals surface area contributed by atoms with Crippen LogP contribution in [-0.4, -0.2) is 20.7 Å². The lowest BCUT2D eigenvalue weighted by Gasteiger charge is -2.21. The van der Waals surface area contributed by atoms with Crippen molar-refractivity contribution in [1.82, 2.24) is 14.8 Å². The molecule has 1 aliphatic carbocycles. The first-order valence-corrected chi connectivity index (χ1v) is 8.38. The SMILES string of the molecule is Cn1nc(C(N)=O)c(-c2ccc(CC3CCCCC3)cn2)cc1=O. The van der Waals surface area contributed by atoms with E-state index in [0.29, 0.717) is 11.3 Å². The van der Waals surface area contributed by atoms with Crippen LogP contribution >= 0.6 is 0 Å². The number of nitrogens with zero attached hydrogens (tertiary/aromatic N) is 3. The summed E-state index contributed by atoms with van der Waals surface area (Å²) in [4.78, 5) is 27.9. The van der Waals surface area contributed by atoms with Crippen molar-refractivity contribution in [2.45, 2.75) is 38.5 Å². The fourth-order valence-electron chi connectivity index (χ4n) is 3.34. The Morgan fingerprint density at radius 1 is 1.29 bits per heavy atom. The van der Waals surface area contributed by atoms with E-state index in [2.05, 4.69) is 10.1 Å².